The van der Waals surface area contributed by atoms with Gasteiger partial charge in [0.15, 0.2) is 0 Å². The molecule has 0 saturated carbocycles. The summed E-state index contributed by atoms with van der Waals surface area (Å²) in [7, 11) is -1.30. The summed E-state index contributed by atoms with van der Waals surface area (Å²) in [6.07, 6.45) is 0. The zero-order valence-electron chi connectivity index (χ0n) is 5.45. The minimum absolute atomic E-state index is 0.234. The summed E-state index contributed by atoms with van der Waals surface area (Å²) in [5.41, 5.74) is 0. The van der Waals surface area contributed by atoms with E-state index in [9.17, 15) is 4.39 Å². The van der Waals surface area contributed by atoms with Crippen LogP contribution in [0.25, 0.3) is 0 Å². The minimum Gasteiger partial charge on any atom is -0.498 e. The Balaban J connectivity index is 2.43. The van der Waals surface area contributed by atoms with E-state index in [2.05, 4.69) is 4.65 Å². The van der Waals surface area contributed by atoms with Gasteiger partial charge in [0.25, 0.3) is 0 Å². The Morgan fingerprint density at radius 1 is 1.27 bits per heavy atom. The Bertz CT molecular complexity index is 291. The van der Waals surface area contributed by atoms with Crippen LogP contribution >= 0.6 is 0 Å². The van der Waals surface area contributed by atoms with Gasteiger partial charge in [-0.05, 0) is 12.1 Å². The van der Waals surface area contributed by atoms with Crippen LogP contribution in [0.15, 0.2) is 18.2 Å². The maximum atomic E-state index is 12.5. The SMILES string of the molecule is OB1Oc2ccc(F)cc2O1. The molecule has 11 heavy (non-hydrogen) atoms. The number of rotatable bonds is 0. The molecular formula is C6H4BFO3. The van der Waals surface area contributed by atoms with E-state index in [0.717, 1.165) is 6.07 Å². The Hall–Kier alpha value is -1.23. The van der Waals surface area contributed by atoms with Crippen molar-refractivity contribution in [2.24, 2.45) is 0 Å². The molecule has 0 radical (unpaired) electrons. The Morgan fingerprint density at radius 3 is 2.82 bits per heavy atom. The highest BCUT2D eigenvalue weighted by atomic mass is 19.1. The van der Waals surface area contributed by atoms with Gasteiger partial charge in [0, 0.05) is 6.07 Å². The van der Waals surface area contributed by atoms with Crippen LogP contribution in [-0.4, -0.2) is 12.3 Å². The molecule has 2 rings (SSSR count). The zero-order valence-corrected chi connectivity index (χ0v) is 5.45. The molecule has 1 N–H and O–H groups in total. The molecule has 0 bridgehead atoms. The second-order valence-corrected chi connectivity index (χ2v) is 2.13. The number of benzene rings is 1. The predicted molar refractivity (Wildman–Crippen MR) is 35.6 cm³/mol. The highest BCUT2D eigenvalue weighted by molar-refractivity contribution is 6.38. The molecule has 0 amide bonds. The lowest BCUT2D eigenvalue weighted by Crippen LogP contribution is -2.23. The van der Waals surface area contributed by atoms with E-state index in [1.165, 1.54) is 12.1 Å². The van der Waals surface area contributed by atoms with Crippen molar-refractivity contribution in [1.29, 1.82) is 0 Å². The third kappa shape index (κ3) is 1.03. The quantitative estimate of drug-likeness (QED) is 0.555. The highest BCUT2D eigenvalue weighted by Gasteiger charge is 2.31. The van der Waals surface area contributed by atoms with Crippen molar-refractivity contribution in [2.45, 2.75) is 0 Å². The van der Waals surface area contributed by atoms with Crippen molar-refractivity contribution in [2.75, 3.05) is 0 Å². The largest absolute Gasteiger partial charge is 0.785 e. The summed E-state index contributed by atoms with van der Waals surface area (Å²) in [4.78, 5) is 0. The summed E-state index contributed by atoms with van der Waals surface area (Å²) in [6, 6.07) is 3.80. The maximum absolute atomic E-state index is 12.5. The van der Waals surface area contributed by atoms with Gasteiger partial charge in [-0.3, -0.25) is 0 Å². The first-order valence-corrected chi connectivity index (χ1v) is 3.06. The second-order valence-electron chi connectivity index (χ2n) is 2.13. The Kier molecular flexibility index (Phi) is 1.26. The smallest absolute Gasteiger partial charge is 0.498 e. The monoisotopic (exact) mass is 154 g/mol. The lowest BCUT2D eigenvalue weighted by Gasteiger charge is -1.94. The van der Waals surface area contributed by atoms with Crippen LogP contribution in [0, 0.1) is 5.82 Å². The van der Waals surface area contributed by atoms with E-state index in [4.69, 9.17) is 9.68 Å². The fourth-order valence-corrected chi connectivity index (χ4v) is 0.913. The normalized spacial score (nSPS) is 13.8. The molecule has 1 heterocycles. The predicted octanol–water partition coefficient (Wildman–Crippen LogP) is 0.574. The summed E-state index contributed by atoms with van der Waals surface area (Å²) >= 11 is 0. The molecule has 56 valence electrons. The molecule has 0 spiro atoms. The highest BCUT2D eigenvalue weighted by Crippen LogP contribution is 2.32. The van der Waals surface area contributed by atoms with Crippen LogP contribution < -0.4 is 9.31 Å². The number of hydrogen-bond acceptors (Lipinski definition) is 3. The fourth-order valence-electron chi connectivity index (χ4n) is 0.913. The molecule has 1 aromatic rings. The van der Waals surface area contributed by atoms with Crippen molar-refractivity contribution >= 4 is 7.32 Å². The molecule has 0 aliphatic carbocycles. The molecule has 0 saturated heterocycles. The molecular weight excluding hydrogens is 150 g/mol. The van der Waals surface area contributed by atoms with Crippen molar-refractivity contribution in [3.8, 4) is 11.5 Å². The molecule has 3 nitrogen and oxygen atoms in total. The lowest BCUT2D eigenvalue weighted by atomic mass is 10.3. The molecule has 0 fully saturated rings. The molecule has 1 aliphatic rings. The first-order valence-electron chi connectivity index (χ1n) is 3.06. The van der Waals surface area contributed by atoms with Crippen LogP contribution in [0.1, 0.15) is 0 Å². The summed E-state index contributed by atoms with van der Waals surface area (Å²) in [6.45, 7) is 0. The van der Waals surface area contributed by atoms with Crippen molar-refractivity contribution < 1.29 is 18.7 Å². The van der Waals surface area contributed by atoms with Gasteiger partial charge in [0.05, 0.1) is 0 Å². The van der Waals surface area contributed by atoms with E-state index in [-0.39, 0.29) is 5.75 Å². The van der Waals surface area contributed by atoms with E-state index in [1.54, 1.807) is 0 Å². The molecule has 0 unspecified atom stereocenters. The van der Waals surface area contributed by atoms with Gasteiger partial charge in [-0.1, -0.05) is 0 Å². The van der Waals surface area contributed by atoms with Gasteiger partial charge < -0.3 is 14.3 Å². The van der Waals surface area contributed by atoms with E-state index >= 15 is 0 Å². The zero-order chi connectivity index (χ0) is 7.84. The minimum atomic E-state index is -1.30. The molecule has 5 heteroatoms. The van der Waals surface area contributed by atoms with E-state index in [1.807, 2.05) is 0 Å². The topological polar surface area (TPSA) is 38.7 Å². The molecule has 0 atom stereocenters. The average molecular weight is 154 g/mol. The van der Waals surface area contributed by atoms with Gasteiger partial charge in [0.2, 0.25) is 0 Å². The van der Waals surface area contributed by atoms with Gasteiger partial charge >= 0.3 is 7.32 Å². The average Bonchev–Trinajstić information content (AvgIpc) is 2.27. The third-order valence-corrected chi connectivity index (χ3v) is 1.36. The first-order chi connectivity index (χ1) is 5.25. The van der Waals surface area contributed by atoms with Gasteiger partial charge in [0.1, 0.15) is 17.3 Å². The third-order valence-electron chi connectivity index (χ3n) is 1.36. The van der Waals surface area contributed by atoms with Crippen molar-refractivity contribution in [1.82, 2.24) is 0 Å². The number of fused-ring (bicyclic) bond motifs is 1. The summed E-state index contributed by atoms with van der Waals surface area (Å²) < 4.78 is 21.9. The van der Waals surface area contributed by atoms with Crippen molar-refractivity contribution in [3.63, 3.8) is 0 Å². The van der Waals surface area contributed by atoms with E-state index < -0.39 is 13.1 Å². The Labute approximate surface area is 62.5 Å². The first kappa shape index (κ1) is 6.48. The molecule has 0 aromatic heterocycles. The van der Waals surface area contributed by atoms with Crippen LogP contribution in [0.5, 0.6) is 11.5 Å². The van der Waals surface area contributed by atoms with Gasteiger partial charge in [-0.2, -0.15) is 0 Å². The van der Waals surface area contributed by atoms with Crippen LogP contribution in [0.3, 0.4) is 0 Å². The number of halogens is 1. The molecule has 1 aliphatic heterocycles. The fraction of sp³-hybridized carbons (Fsp3) is 0. The maximum Gasteiger partial charge on any atom is 0.785 e. The summed E-state index contributed by atoms with van der Waals surface area (Å²) in [5.74, 6) is 0.179. The van der Waals surface area contributed by atoms with Crippen molar-refractivity contribution in [3.05, 3.63) is 24.0 Å². The van der Waals surface area contributed by atoms with Crippen LogP contribution in [-0.2, 0) is 0 Å². The van der Waals surface area contributed by atoms with Crippen LogP contribution in [0.2, 0.25) is 0 Å². The standard InChI is InChI=1S/C6H4BFO3/c8-4-1-2-5-6(3-4)11-7(9)10-5/h1-3,9H. The van der Waals surface area contributed by atoms with Crippen LogP contribution in [0.4, 0.5) is 4.39 Å². The van der Waals surface area contributed by atoms with Gasteiger partial charge in [-0.25, -0.2) is 4.39 Å². The lowest BCUT2D eigenvalue weighted by molar-refractivity contribution is 0.341. The second kappa shape index (κ2) is 2.13. The number of hydrogen-bond donors (Lipinski definition) is 1. The van der Waals surface area contributed by atoms with E-state index in [0.29, 0.717) is 5.75 Å². The Morgan fingerprint density at radius 2 is 2.00 bits per heavy atom. The van der Waals surface area contributed by atoms with Gasteiger partial charge in [-0.15, -0.1) is 0 Å². The summed E-state index contributed by atoms with van der Waals surface area (Å²) in [5, 5.41) is 8.77. The molecule has 1 aromatic carbocycles.